The molecule has 1 aromatic rings. The van der Waals surface area contributed by atoms with E-state index >= 15 is 0 Å². The van der Waals surface area contributed by atoms with Crippen LogP contribution in [0.2, 0.25) is 0 Å². The van der Waals surface area contributed by atoms with E-state index in [1.54, 1.807) is 0 Å². The third-order valence-corrected chi connectivity index (χ3v) is 6.84. The number of alkyl halides is 3. The normalized spacial score (nSPS) is 21.2. The summed E-state index contributed by atoms with van der Waals surface area (Å²) in [6.07, 6.45) is 2.02. The maximum atomic E-state index is 12.6. The highest BCUT2D eigenvalue weighted by Gasteiger charge is 2.31. The van der Waals surface area contributed by atoms with Gasteiger partial charge in [0.25, 0.3) is 0 Å². The molecule has 0 saturated heterocycles. The summed E-state index contributed by atoms with van der Waals surface area (Å²) in [4.78, 5) is 11.0. The highest BCUT2D eigenvalue weighted by atomic mass is 32.2. The molecule has 0 heterocycles. The van der Waals surface area contributed by atoms with E-state index < -0.39 is 27.7 Å². The number of hydrogen-bond acceptors (Lipinski definition) is 4. The van der Waals surface area contributed by atoms with Gasteiger partial charge >= 0.3 is 12.1 Å². The van der Waals surface area contributed by atoms with Crippen LogP contribution < -0.4 is 0 Å². The van der Waals surface area contributed by atoms with Gasteiger partial charge in [0.1, 0.15) is 0 Å². The van der Waals surface area contributed by atoms with Crippen molar-refractivity contribution in [2.75, 3.05) is 20.7 Å². The second-order valence-corrected chi connectivity index (χ2v) is 9.02. The molecule has 0 bridgehead atoms. The molecular formula is C19H24F3NO4S. The summed E-state index contributed by atoms with van der Waals surface area (Å²) in [7, 11) is -1.09. The van der Waals surface area contributed by atoms with Crippen LogP contribution in [0.15, 0.2) is 41.3 Å². The predicted molar refractivity (Wildman–Crippen MR) is 97.9 cm³/mol. The van der Waals surface area contributed by atoms with E-state index in [0.717, 1.165) is 49.9 Å². The summed E-state index contributed by atoms with van der Waals surface area (Å²) < 4.78 is 68.9. The fraction of sp³-hybridized carbons (Fsp3) is 0.526. The van der Waals surface area contributed by atoms with Gasteiger partial charge in [0.15, 0.2) is 0 Å². The molecule has 0 amide bonds. The van der Waals surface area contributed by atoms with Gasteiger partial charge in [-0.1, -0.05) is 6.08 Å². The molecule has 1 fully saturated rings. The van der Waals surface area contributed by atoms with Crippen LogP contribution in [0.5, 0.6) is 0 Å². The van der Waals surface area contributed by atoms with Crippen molar-refractivity contribution in [2.45, 2.75) is 36.8 Å². The molecule has 0 radical (unpaired) electrons. The van der Waals surface area contributed by atoms with Gasteiger partial charge in [0.05, 0.1) is 17.6 Å². The maximum absolute atomic E-state index is 12.6. The van der Waals surface area contributed by atoms with E-state index in [4.69, 9.17) is 0 Å². The summed E-state index contributed by atoms with van der Waals surface area (Å²) in [5, 5.41) is 0. The van der Waals surface area contributed by atoms with Crippen molar-refractivity contribution in [3.8, 4) is 0 Å². The largest absolute Gasteiger partial charge is 0.466 e. The molecule has 5 nitrogen and oxygen atoms in total. The van der Waals surface area contributed by atoms with Crippen molar-refractivity contribution in [1.82, 2.24) is 4.31 Å². The zero-order chi connectivity index (χ0) is 20.9. The molecule has 156 valence electrons. The number of nitrogens with zero attached hydrogens (tertiary/aromatic N) is 1. The SMILES string of the molecule is COC(=O)C=C[C@H]1CC[C@H](CN(C)S(=O)(=O)c2ccc(C(F)(F)F)cc2)CC1. The van der Waals surface area contributed by atoms with E-state index in [9.17, 15) is 26.4 Å². The molecule has 2 rings (SSSR count). The number of halogens is 3. The number of methoxy groups -OCH3 is 1. The number of carbonyl (C=O) groups excluding carboxylic acids is 1. The third-order valence-electron chi connectivity index (χ3n) is 5.00. The second-order valence-electron chi connectivity index (χ2n) is 6.97. The molecule has 0 N–H and O–H groups in total. The second kappa shape index (κ2) is 9.09. The number of carbonyl (C=O) groups is 1. The zero-order valence-electron chi connectivity index (χ0n) is 15.8. The van der Waals surface area contributed by atoms with Gasteiger partial charge in [-0.3, -0.25) is 0 Å². The number of rotatable bonds is 6. The highest BCUT2D eigenvalue weighted by Crippen LogP contribution is 2.32. The third kappa shape index (κ3) is 5.81. The smallest absolute Gasteiger partial charge is 0.416 e. The lowest BCUT2D eigenvalue weighted by molar-refractivity contribution is -0.137. The van der Waals surface area contributed by atoms with Gasteiger partial charge in [-0.2, -0.15) is 13.2 Å². The molecule has 0 atom stereocenters. The molecule has 1 aliphatic carbocycles. The number of hydrogen-bond donors (Lipinski definition) is 0. The molecule has 1 aromatic carbocycles. The molecule has 9 heteroatoms. The van der Waals surface area contributed by atoms with Crippen LogP contribution in [-0.4, -0.2) is 39.4 Å². The average Bonchev–Trinajstić information content (AvgIpc) is 2.66. The summed E-state index contributed by atoms with van der Waals surface area (Å²) in [5.41, 5.74) is -0.882. The average molecular weight is 419 g/mol. The Bertz CT molecular complexity index is 795. The van der Waals surface area contributed by atoms with E-state index in [2.05, 4.69) is 4.74 Å². The molecule has 28 heavy (non-hydrogen) atoms. The van der Waals surface area contributed by atoms with E-state index in [1.807, 2.05) is 6.08 Å². The van der Waals surface area contributed by atoms with Crippen LogP contribution in [0.1, 0.15) is 31.2 Å². The fourth-order valence-corrected chi connectivity index (χ4v) is 4.55. The van der Waals surface area contributed by atoms with Gasteiger partial charge in [-0.05, 0) is 61.8 Å². The first-order chi connectivity index (χ1) is 13.0. The zero-order valence-corrected chi connectivity index (χ0v) is 16.6. The summed E-state index contributed by atoms with van der Waals surface area (Å²) in [6, 6.07) is 3.53. The predicted octanol–water partition coefficient (Wildman–Crippen LogP) is 3.86. The van der Waals surface area contributed by atoms with Crippen LogP contribution in [0.25, 0.3) is 0 Å². The van der Waals surface area contributed by atoms with Gasteiger partial charge in [-0.15, -0.1) is 0 Å². The minimum atomic E-state index is -4.50. The van der Waals surface area contributed by atoms with Gasteiger partial charge in [-0.25, -0.2) is 17.5 Å². The monoisotopic (exact) mass is 419 g/mol. The summed E-state index contributed by atoms with van der Waals surface area (Å²) in [6.45, 7) is 0.302. The van der Waals surface area contributed by atoms with Crippen LogP contribution >= 0.6 is 0 Å². The standard InChI is InChI=1S/C19H24F3NO4S/c1-23(13-15-5-3-14(4-6-15)7-12-18(24)27-2)28(25,26)17-10-8-16(9-11-17)19(20,21)22/h7-12,14-15H,3-6,13H2,1-2H3/t14-,15-. The van der Waals surface area contributed by atoms with E-state index in [-0.39, 0.29) is 16.7 Å². The molecule has 1 saturated carbocycles. The Morgan fingerprint density at radius 3 is 2.25 bits per heavy atom. The summed E-state index contributed by atoms with van der Waals surface area (Å²) in [5.74, 6) is 0.0219. The maximum Gasteiger partial charge on any atom is 0.416 e. The lowest BCUT2D eigenvalue weighted by Crippen LogP contribution is -2.33. The minimum absolute atomic E-state index is 0.155. The molecule has 0 aromatic heterocycles. The first-order valence-corrected chi connectivity index (χ1v) is 10.4. The molecular weight excluding hydrogens is 395 g/mol. The van der Waals surface area contributed by atoms with E-state index in [1.165, 1.54) is 24.5 Å². The Morgan fingerprint density at radius 1 is 1.18 bits per heavy atom. The van der Waals surface area contributed by atoms with Crippen molar-refractivity contribution >= 4 is 16.0 Å². The van der Waals surface area contributed by atoms with Crippen molar-refractivity contribution in [1.29, 1.82) is 0 Å². The first-order valence-electron chi connectivity index (χ1n) is 8.93. The first kappa shape index (κ1) is 22.4. The highest BCUT2D eigenvalue weighted by molar-refractivity contribution is 7.89. The topological polar surface area (TPSA) is 63.7 Å². The number of sulfonamides is 1. The van der Waals surface area contributed by atoms with Crippen LogP contribution in [0.3, 0.4) is 0 Å². The van der Waals surface area contributed by atoms with Gasteiger partial charge in [0.2, 0.25) is 10.0 Å². The quantitative estimate of drug-likeness (QED) is 0.519. The molecule has 0 aliphatic heterocycles. The van der Waals surface area contributed by atoms with Crippen molar-refractivity contribution in [2.24, 2.45) is 11.8 Å². The van der Waals surface area contributed by atoms with Crippen molar-refractivity contribution in [3.63, 3.8) is 0 Å². The van der Waals surface area contributed by atoms with Crippen molar-refractivity contribution < 1.29 is 31.1 Å². The Hall–Kier alpha value is -1.87. The van der Waals surface area contributed by atoms with Crippen LogP contribution in [-0.2, 0) is 25.7 Å². The number of esters is 1. The Kier molecular flexibility index (Phi) is 7.28. The Labute approximate surface area is 163 Å². The summed E-state index contributed by atoms with van der Waals surface area (Å²) >= 11 is 0. The number of benzene rings is 1. The van der Waals surface area contributed by atoms with Gasteiger partial charge in [0, 0.05) is 19.7 Å². The van der Waals surface area contributed by atoms with Crippen LogP contribution in [0, 0.1) is 11.8 Å². The Balaban J connectivity index is 1.94. The minimum Gasteiger partial charge on any atom is -0.466 e. The lowest BCUT2D eigenvalue weighted by Gasteiger charge is -2.29. The fourth-order valence-electron chi connectivity index (χ4n) is 3.30. The molecule has 1 aliphatic rings. The molecule has 0 spiro atoms. The van der Waals surface area contributed by atoms with Gasteiger partial charge < -0.3 is 4.74 Å². The van der Waals surface area contributed by atoms with E-state index in [0.29, 0.717) is 6.54 Å². The van der Waals surface area contributed by atoms with Crippen molar-refractivity contribution in [3.05, 3.63) is 42.0 Å². The lowest BCUT2D eigenvalue weighted by atomic mass is 9.82. The number of allylic oxidation sites excluding steroid dienone is 1. The number of ether oxygens (including phenoxy) is 1. The van der Waals surface area contributed by atoms with Crippen LogP contribution in [0.4, 0.5) is 13.2 Å². The molecule has 0 unspecified atom stereocenters. The Morgan fingerprint density at radius 2 is 1.75 bits per heavy atom.